The van der Waals surface area contributed by atoms with Gasteiger partial charge in [0.1, 0.15) is 0 Å². The summed E-state index contributed by atoms with van der Waals surface area (Å²) in [5, 5.41) is 6.95. The zero-order valence-corrected chi connectivity index (χ0v) is 7.66. The van der Waals surface area contributed by atoms with Crippen LogP contribution < -0.4 is 5.32 Å². The molecule has 0 unspecified atom stereocenters. The monoisotopic (exact) mass is 179 g/mol. The Kier molecular flexibility index (Phi) is 2.04. The number of nitrogens with zero attached hydrogens (tertiary/aromatic N) is 2. The first-order valence-corrected chi connectivity index (χ1v) is 4.64. The molecule has 0 aromatic carbocycles. The maximum atomic E-state index is 11.3. The number of hydrogen-bond acceptors (Lipinski definition) is 2. The molecule has 1 saturated carbocycles. The van der Waals surface area contributed by atoms with Gasteiger partial charge in [-0.15, -0.1) is 0 Å². The van der Waals surface area contributed by atoms with Crippen molar-refractivity contribution in [2.75, 3.05) is 5.32 Å². The van der Waals surface area contributed by atoms with Crippen molar-refractivity contribution in [2.45, 2.75) is 26.3 Å². The van der Waals surface area contributed by atoms with E-state index in [1.165, 1.54) is 0 Å². The van der Waals surface area contributed by atoms with Gasteiger partial charge in [0.2, 0.25) is 5.91 Å². The highest BCUT2D eigenvalue weighted by atomic mass is 16.2. The van der Waals surface area contributed by atoms with E-state index in [9.17, 15) is 4.79 Å². The molecule has 2 rings (SSSR count). The molecule has 1 aromatic heterocycles. The van der Waals surface area contributed by atoms with Crippen LogP contribution in [0.3, 0.4) is 0 Å². The van der Waals surface area contributed by atoms with Crippen molar-refractivity contribution in [2.24, 2.45) is 5.92 Å². The Balaban J connectivity index is 1.96. The smallest absolute Gasteiger partial charge is 0.228 e. The van der Waals surface area contributed by atoms with Crippen LogP contribution in [0.1, 0.15) is 19.8 Å². The van der Waals surface area contributed by atoms with Gasteiger partial charge in [0, 0.05) is 24.7 Å². The van der Waals surface area contributed by atoms with Gasteiger partial charge in [-0.1, -0.05) is 0 Å². The first-order valence-electron chi connectivity index (χ1n) is 4.64. The Hall–Kier alpha value is -1.32. The summed E-state index contributed by atoms with van der Waals surface area (Å²) in [5.41, 5.74) is 0. The van der Waals surface area contributed by atoms with E-state index in [1.807, 2.05) is 19.2 Å². The number of anilines is 1. The van der Waals surface area contributed by atoms with Crippen LogP contribution in [0.25, 0.3) is 0 Å². The number of hydrogen-bond donors (Lipinski definition) is 1. The normalized spacial score (nSPS) is 15.8. The third kappa shape index (κ3) is 1.88. The van der Waals surface area contributed by atoms with E-state index < -0.39 is 0 Å². The fourth-order valence-corrected chi connectivity index (χ4v) is 1.18. The molecule has 1 aliphatic carbocycles. The molecule has 4 heteroatoms. The predicted molar refractivity (Wildman–Crippen MR) is 49.3 cm³/mol. The summed E-state index contributed by atoms with van der Waals surface area (Å²) in [5.74, 6) is 1.02. The van der Waals surface area contributed by atoms with E-state index in [1.54, 1.807) is 4.68 Å². The Morgan fingerprint density at radius 1 is 1.77 bits per heavy atom. The highest BCUT2D eigenvalue weighted by Crippen LogP contribution is 2.29. The lowest BCUT2D eigenvalue weighted by Gasteiger charge is -1.98. The lowest BCUT2D eigenvalue weighted by Crippen LogP contribution is -2.13. The Labute approximate surface area is 76.9 Å². The number of carbonyl (C=O) groups is 1. The molecule has 70 valence electrons. The average molecular weight is 179 g/mol. The minimum atomic E-state index is 0.112. The highest BCUT2D eigenvalue weighted by molar-refractivity contribution is 5.93. The van der Waals surface area contributed by atoms with Gasteiger partial charge in [0.15, 0.2) is 5.82 Å². The second-order valence-electron chi connectivity index (χ2n) is 3.32. The molecular weight excluding hydrogens is 166 g/mol. The van der Waals surface area contributed by atoms with Gasteiger partial charge < -0.3 is 5.32 Å². The number of amides is 1. The molecule has 1 fully saturated rings. The molecule has 1 aromatic rings. The second kappa shape index (κ2) is 3.20. The molecule has 0 aliphatic heterocycles. The summed E-state index contributed by atoms with van der Waals surface area (Å²) >= 11 is 0. The van der Waals surface area contributed by atoms with E-state index >= 15 is 0 Å². The summed E-state index contributed by atoms with van der Waals surface area (Å²) in [7, 11) is 0. The van der Waals surface area contributed by atoms with Gasteiger partial charge in [-0.25, -0.2) is 0 Å². The molecule has 0 spiro atoms. The summed E-state index contributed by atoms with van der Waals surface area (Å²) in [6.07, 6.45) is 3.92. The van der Waals surface area contributed by atoms with Gasteiger partial charge in [0.05, 0.1) is 0 Å². The summed E-state index contributed by atoms with van der Waals surface area (Å²) in [6.45, 7) is 2.85. The molecule has 4 nitrogen and oxygen atoms in total. The predicted octanol–water partition coefficient (Wildman–Crippen LogP) is 1.25. The zero-order chi connectivity index (χ0) is 9.26. The summed E-state index contributed by atoms with van der Waals surface area (Å²) < 4.78 is 1.79. The minimum absolute atomic E-state index is 0.112. The summed E-state index contributed by atoms with van der Waals surface area (Å²) in [4.78, 5) is 11.3. The quantitative estimate of drug-likeness (QED) is 0.759. The third-order valence-corrected chi connectivity index (χ3v) is 2.16. The van der Waals surface area contributed by atoms with E-state index in [0.717, 1.165) is 19.4 Å². The molecule has 0 radical (unpaired) electrons. The molecule has 0 atom stereocenters. The van der Waals surface area contributed by atoms with Crippen LogP contribution in [0, 0.1) is 5.92 Å². The molecule has 1 aliphatic rings. The molecule has 13 heavy (non-hydrogen) atoms. The van der Waals surface area contributed by atoms with Crippen LogP contribution in [0.4, 0.5) is 5.82 Å². The van der Waals surface area contributed by atoms with Gasteiger partial charge in [-0.2, -0.15) is 5.10 Å². The number of nitrogens with one attached hydrogen (secondary N) is 1. The number of carbonyl (C=O) groups excluding carboxylic acids is 1. The van der Waals surface area contributed by atoms with Gasteiger partial charge in [-0.05, 0) is 19.8 Å². The van der Waals surface area contributed by atoms with Crippen LogP contribution in [-0.4, -0.2) is 15.7 Å². The topological polar surface area (TPSA) is 46.9 Å². The van der Waals surface area contributed by atoms with Gasteiger partial charge in [0.25, 0.3) is 0 Å². The Bertz CT molecular complexity index is 314. The summed E-state index contributed by atoms with van der Waals surface area (Å²) in [6, 6.07) is 1.82. The molecule has 0 bridgehead atoms. The number of aromatic nitrogens is 2. The van der Waals surface area contributed by atoms with E-state index in [2.05, 4.69) is 10.4 Å². The first kappa shape index (κ1) is 8.29. The van der Waals surface area contributed by atoms with Crippen LogP contribution in [0.5, 0.6) is 0 Å². The molecule has 0 saturated heterocycles. The molecular formula is C9H13N3O. The van der Waals surface area contributed by atoms with Crippen LogP contribution in [0.15, 0.2) is 12.3 Å². The highest BCUT2D eigenvalue weighted by Gasteiger charge is 2.29. The van der Waals surface area contributed by atoms with E-state index in [0.29, 0.717) is 5.82 Å². The van der Waals surface area contributed by atoms with E-state index in [-0.39, 0.29) is 11.8 Å². The van der Waals surface area contributed by atoms with Crippen molar-refractivity contribution >= 4 is 11.7 Å². The zero-order valence-electron chi connectivity index (χ0n) is 7.66. The first-order chi connectivity index (χ1) is 6.29. The van der Waals surface area contributed by atoms with Crippen molar-refractivity contribution < 1.29 is 4.79 Å². The fraction of sp³-hybridized carbons (Fsp3) is 0.556. The maximum Gasteiger partial charge on any atom is 0.228 e. The van der Waals surface area contributed by atoms with Crippen LogP contribution in [-0.2, 0) is 11.3 Å². The van der Waals surface area contributed by atoms with E-state index in [4.69, 9.17) is 0 Å². The molecule has 1 heterocycles. The number of rotatable bonds is 3. The molecule has 1 N–H and O–H groups in total. The van der Waals surface area contributed by atoms with Crippen molar-refractivity contribution in [3.8, 4) is 0 Å². The van der Waals surface area contributed by atoms with Crippen LogP contribution in [0.2, 0.25) is 0 Å². The minimum Gasteiger partial charge on any atom is -0.309 e. The largest absolute Gasteiger partial charge is 0.309 e. The number of aryl methyl sites for hydroxylation is 1. The average Bonchev–Trinajstić information content (AvgIpc) is 2.88. The second-order valence-corrected chi connectivity index (χ2v) is 3.32. The van der Waals surface area contributed by atoms with Crippen LogP contribution >= 0.6 is 0 Å². The third-order valence-electron chi connectivity index (χ3n) is 2.16. The van der Waals surface area contributed by atoms with Crippen molar-refractivity contribution in [1.29, 1.82) is 0 Å². The van der Waals surface area contributed by atoms with Crippen molar-refractivity contribution in [3.63, 3.8) is 0 Å². The maximum absolute atomic E-state index is 11.3. The SMILES string of the molecule is CCn1ccc(NC(=O)C2CC2)n1. The molecule has 1 amide bonds. The lowest BCUT2D eigenvalue weighted by atomic mass is 10.4. The van der Waals surface area contributed by atoms with Gasteiger partial charge in [-0.3, -0.25) is 9.48 Å². The fourth-order valence-electron chi connectivity index (χ4n) is 1.18. The Morgan fingerprint density at radius 3 is 3.08 bits per heavy atom. The van der Waals surface area contributed by atoms with Crippen molar-refractivity contribution in [3.05, 3.63) is 12.3 Å². The van der Waals surface area contributed by atoms with Crippen molar-refractivity contribution in [1.82, 2.24) is 9.78 Å². The van der Waals surface area contributed by atoms with Gasteiger partial charge >= 0.3 is 0 Å². The lowest BCUT2D eigenvalue weighted by molar-refractivity contribution is -0.117. The standard InChI is InChI=1S/C9H13N3O/c1-2-12-6-5-8(11-12)10-9(13)7-3-4-7/h5-7H,2-4H2,1H3,(H,10,11,13). The Morgan fingerprint density at radius 2 is 2.54 bits per heavy atom.